The Bertz CT molecular complexity index is 340. The van der Waals surface area contributed by atoms with E-state index in [2.05, 4.69) is 0 Å². The third-order valence-electron chi connectivity index (χ3n) is 3.84. The highest BCUT2D eigenvalue weighted by atomic mass is 16.5. The number of β-amino-alcohol motifs (C(OH)–C–C–N with tert-alkyl or cyclic N) is 1. The molecule has 0 spiro atoms. The van der Waals surface area contributed by atoms with Crippen molar-refractivity contribution in [2.45, 2.75) is 56.8 Å². The van der Waals surface area contributed by atoms with E-state index < -0.39 is 18.1 Å². The summed E-state index contributed by atoms with van der Waals surface area (Å²) in [5.41, 5.74) is 0. The molecule has 2 N–H and O–H groups in total. The van der Waals surface area contributed by atoms with Gasteiger partial charge in [0.05, 0.1) is 12.2 Å². The zero-order valence-corrected chi connectivity index (χ0v) is 11.0. The number of hydrogen-bond acceptors (Lipinski definition) is 4. The molecule has 2 aliphatic rings. The highest BCUT2D eigenvalue weighted by molar-refractivity contribution is 5.84. The minimum absolute atomic E-state index is 0.119. The Hall–Kier alpha value is -1.14. The van der Waals surface area contributed by atoms with Crippen molar-refractivity contribution in [2.75, 3.05) is 13.2 Å². The molecule has 0 radical (unpaired) electrons. The average molecular weight is 271 g/mol. The molecule has 6 heteroatoms. The Kier molecular flexibility index (Phi) is 4.76. The Morgan fingerprint density at radius 2 is 2.11 bits per heavy atom. The van der Waals surface area contributed by atoms with Gasteiger partial charge in [0.15, 0.2) is 0 Å². The van der Waals surface area contributed by atoms with Gasteiger partial charge in [0.25, 0.3) is 0 Å². The maximum Gasteiger partial charge on any atom is 0.326 e. The van der Waals surface area contributed by atoms with Gasteiger partial charge >= 0.3 is 5.97 Å². The summed E-state index contributed by atoms with van der Waals surface area (Å²) in [7, 11) is 0. The van der Waals surface area contributed by atoms with Crippen molar-refractivity contribution in [3.05, 3.63) is 0 Å². The Balaban J connectivity index is 1.82. The van der Waals surface area contributed by atoms with Crippen molar-refractivity contribution >= 4 is 11.9 Å². The van der Waals surface area contributed by atoms with E-state index >= 15 is 0 Å². The van der Waals surface area contributed by atoms with Gasteiger partial charge in [-0.15, -0.1) is 0 Å². The zero-order chi connectivity index (χ0) is 13.8. The average Bonchev–Trinajstić information content (AvgIpc) is 2.79. The van der Waals surface area contributed by atoms with Crippen molar-refractivity contribution < 1.29 is 24.5 Å². The van der Waals surface area contributed by atoms with Gasteiger partial charge in [0.1, 0.15) is 6.04 Å². The Morgan fingerprint density at radius 1 is 1.32 bits per heavy atom. The fraction of sp³-hybridized carbons (Fsp3) is 0.846. The standard InChI is InChI=1S/C13H21NO5/c15-9-7-11(13(17)18)14(8-9)12(16)5-4-10-3-1-2-6-19-10/h9-11,15H,1-8H2,(H,17,18)/t9-,10?,11-/m1/s1. The van der Waals surface area contributed by atoms with Gasteiger partial charge in [-0.3, -0.25) is 4.79 Å². The lowest BCUT2D eigenvalue weighted by molar-refractivity contribution is -0.148. The van der Waals surface area contributed by atoms with E-state index in [4.69, 9.17) is 9.84 Å². The van der Waals surface area contributed by atoms with Crippen molar-refractivity contribution in [3.8, 4) is 0 Å². The number of aliphatic carboxylic acids is 1. The van der Waals surface area contributed by atoms with Crippen LogP contribution in [0.1, 0.15) is 38.5 Å². The van der Waals surface area contributed by atoms with Crippen LogP contribution in [-0.4, -0.2) is 58.4 Å². The number of carboxylic acids is 1. The third kappa shape index (κ3) is 3.67. The molecule has 1 unspecified atom stereocenters. The summed E-state index contributed by atoms with van der Waals surface area (Å²) in [6.07, 6.45) is 3.62. The number of ether oxygens (including phenoxy) is 1. The number of likely N-dealkylation sites (tertiary alicyclic amines) is 1. The van der Waals surface area contributed by atoms with Gasteiger partial charge in [-0.1, -0.05) is 0 Å². The summed E-state index contributed by atoms with van der Waals surface area (Å²) in [5.74, 6) is -1.24. The maximum absolute atomic E-state index is 12.0. The number of aliphatic hydroxyl groups is 1. The van der Waals surface area contributed by atoms with E-state index in [0.717, 1.165) is 25.9 Å². The zero-order valence-electron chi connectivity index (χ0n) is 11.0. The SMILES string of the molecule is O=C(O)[C@H]1C[C@@H](O)CN1C(=O)CCC1CCCCO1. The number of aliphatic hydroxyl groups excluding tert-OH is 1. The second-order valence-corrected chi connectivity index (χ2v) is 5.32. The molecular formula is C13H21NO5. The van der Waals surface area contributed by atoms with Crippen molar-refractivity contribution in [1.82, 2.24) is 4.90 Å². The van der Waals surface area contributed by atoms with Crippen LogP contribution in [-0.2, 0) is 14.3 Å². The molecule has 2 heterocycles. The second-order valence-electron chi connectivity index (χ2n) is 5.32. The lowest BCUT2D eigenvalue weighted by Gasteiger charge is -2.25. The van der Waals surface area contributed by atoms with E-state index in [-0.39, 0.29) is 25.0 Å². The van der Waals surface area contributed by atoms with Crippen LogP contribution in [0.15, 0.2) is 0 Å². The minimum atomic E-state index is -1.04. The maximum atomic E-state index is 12.0. The summed E-state index contributed by atoms with van der Waals surface area (Å²) < 4.78 is 5.55. The topological polar surface area (TPSA) is 87.1 Å². The normalized spacial score (nSPS) is 31.4. The molecule has 3 atom stereocenters. The first-order chi connectivity index (χ1) is 9.08. The van der Waals surface area contributed by atoms with Crippen LogP contribution >= 0.6 is 0 Å². The second kappa shape index (κ2) is 6.34. The monoisotopic (exact) mass is 271 g/mol. The van der Waals surface area contributed by atoms with E-state index in [1.807, 2.05) is 0 Å². The highest BCUT2D eigenvalue weighted by Crippen LogP contribution is 2.22. The number of nitrogens with zero attached hydrogens (tertiary/aromatic N) is 1. The fourth-order valence-corrected chi connectivity index (χ4v) is 2.79. The van der Waals surface area contributed by atoms with Crippen LogP contribution in [0.4, 0.5) is 0 Å². The predicted molar refractivity (Wildman–Crippen MR) is 66.6 cm³/mol. The van der Waals surface area contributed by atoms with Crippen LogP contribution < -0.4 is 0 Å². The Labute approximate surface area is 112 Å². The molecule has 108 valence electrons. The number of carboxylic acid groups (broad SMARTS) is 1. The van der Waals surface area contributed by atoms with Gasteiger partial charge in [-0.2, -0.15) is 0 Å². The van der Waals surface area contributed by atoms with Crippen molar-refractivity contribution in [1.29, 1.82) is 0 Å². The summed E-state index contributed by atoms with van der Waals surface area (Å²) >= 11 is 0. The third-order valence-corrected chi connectivity index (χ3v) is 3.84. The predicted octanol–water partition coefficient (Wildman–Crippen LogP) is 0.382. The van der Waals surface area contributed by atoms with Gasteiger partial charge in [0.2, 0.25) is 5.91 Å². The molecule has 6 nitrogen and oxygen atoms in total. The molecule has 1 amide bonds. The van der Waals surface area contributed by atoms with Crippen molar-refractivity contribution in [3.63, 3.8) is 0 Å². The fourth-order valence-electron chi connectivity index (χ4n) is 2.79. The van der Waals surface area contributed by atoms with E-state index in [0.29, 0.717) is 12.8 Å². The van der Waals surface area contributed by atoms with Gasteiger partial charge in [0, 0.05) is 26.0 Å². The molecule has 0 aromatic heterocycles. The highest BCUT2D eigenvalue weighted by Gasteiger charge is 2.38. The summed E-state index contributed by atoms with van der Waals surface area (Å²) in [6, 6.07) is -0.880. The molecule has 0 bridgehead atoms. The molecule has 0 aromatic rings. The van der Waals surface area contributed by atoms with Gasteiger partial charge in [-0.05, 0) is 25.7 Å². The molecule has 2 saturated heterocycles. The number of rotatable bonds is 4. The number of hydrogen-bond donors (Lipinski definition) is 2. The smallest absolute Gasteiger partial charge is 0.326 e. The molecule has 0 aromatic carbocycles. The largest absolute Gasteiger partial charge is 0.480 e. The van der Waals surface area contributed by atoms with Crippen LogP contribution in [0.25, 0.3) is 0 Å². The van der Waals surface area contributed by atoms with E-state index in [1.54, 1.807) is 0 Å². The molecule has 2 rings (SSSR count). The first-order valence-corrected chi connectivity index (χ1v) is 6.90. The van der Waals surface area contributed by atoms with Crippen molar-refractivity contribution in [2.24, 2.45) is 0 Å². The lowest BCUT2D eigenvalue weighted by atomic mass is 10.0. The summed E-state index contributed by atoms with van der Waals surface area (Å²) in [6.45, 7) is 0.875. The number of amides is 1. The van der Waals surface area contributed by atoms with Gasteiger partial charge < -0.3 is 19.8 Å². The first-order valence-electron chi connectivity index (χ1n) is 6.90. The van der Waals surface area contributed by atoms with Crippen LogP contribution in [0.5, 0.6) is 0 Å². The number of carbonyl (C=O) groups is 2. The summed E-state index contributed by atoms with van der Waals surface area (Å²) in [4.78, 5) is 24.4. The first kappa shape index (κ1) is 14.3. The molecular weight excluding hydrogens is 250 g/mol. The molecule has 0 aliphatic carbocycles. The molecule has 0 saturated carbocycles. The van der Waals surface area contributed by atoms with Crippen LogP contribution in [0.3, 0.4) is 0 Å². The minimum Gasteiger partial charge on any atom is -0.480 e. The summed E-state index contributed by atoms with van der Waals surface area (Å²) in [5, 5.41) is 18.5. The lowest BCUT2D eigenvalue weighted by Crippen LogP contribution is -2.40. The van der Waals surface area contributed by atoms with Gasteiger partial charge in [-0.25, -0.2) is 4.79 Å². The van der Waals surface area contributed by atoms with E-state index in [9.17, 15) is 14.7 Å². The molecule has 19 heavy (non-hydrogen) atoms. The quantitative estimate of drug-likeness (QED) is 0.772. The molecule has 2 fully saturated rings. The van der Waals surface area contributed by atoms with E-state index in [1.165, 1.54) is 4.90 Å². The Morgan fingerprint density at radius 3 is 2.74 bits per heavy atom. The molecule has 2 aliphatic heterocycles. The van der Waals surface area contributed by atoms with Crippen LogP contribution in [0, 0.1) is 0 Å². The van der Waals surface area contributed by atoms with Crippen LogP contribution in [0.2, 0.25) is 0 Å². The number of carbonyl (C=O) groups excluding carboxylic acids is 1.